The maximum absolute atomic E-state index is 12.1. The fourth-order valence-electron chi connectivity index (χ4n) is 5.47. The third-order valence-corrected chi connectivity index (χ3v) is 7.29. The third-order valence-electron chi connectivity index (χ3n) is 7.29. The van der Waals surface area contributed by atoms with E-state index in [0.717, 1.165) is 55.4 Å². The highest BCUT2D eigenvalue weighted by Gasteiger charge is 2.54. The Bertz CT molecular complexity index is 1450. The Hall–Kier alpha value is -5.19. The molecule has 22 nitrogen and oxygen atoms in total. The zero-order chi connectivity index (χ0) is 41.0. The second kappa shape index (κ2) is 20.5. The van der Waals surface area contributed by atoms with Gasteiger partial charge in [-0.2, -0.15) is 0 Å². The summed E-state index contributed by atoms with van der Waals surface area (Å²) in [5.74, 6) is -6.28. The fourth-order valence-corrected chi connectivity index (χ4v) is 5.47. The lowest BCUT2D eigenvalue weighted by molar-refractivity contribution is -0.311. The van der Waals surface area contributed by atoms with Crippen LogP contribution in [0.4, 0.5) is 0 Å². The van der Waals surface area contributed by atoms with Gasteiger partial charge < -0.3 is 61.4 Å². The Kier molecular flexibility index (Phi) is 16.5. The predicted octanol–water partition coefficient (Wildman–Crippen LogP) is -0.126. The lowest BCUT2D eigenvalue weighted by Crippen LogP contribution is -2.62. The number of nitrogens with zero attached hydrogens (tertiary/aromatic N) is 1. The summed E-state index contributed by atoms with van der Waals surface area (Å²) in [5, 5.41) is 3.90. The van der Waals surface area contributed by atoms with E-state index in [1.54, 1.807) is 0 Å². The van der Waals surface area contributed by atoms with Crippen LogP contribution in [0.15, 0.2) is 10.6 Å². The molecular formula is C33H43NO21. The van der Waals surface area contributed by atoms with Crippen molar-refractivity contribution in [1.29, 1.82) is 0 Å². The van der Waals surface area contributed by atoms with Crippen molar-refractivity contribution in [2.75, 3.05) is 13.2 Å². The summed E-state index contributed by atoms with van der Waals surface area (Å²) in [4.78, 5) is 95.5. The van der Waals surface area contributed by atoms with E-state index >= 15 is 0 Å². The quantitative estimate of drug-likeness (QED) is 0.156. The largest absolute Gasteiger partial charge is 0.463 e. The van der Waals surface area contributed by atoms with Crippen LogP contribution in [0.1, 0.15) is 66.8 Å². The van der Waals surface area contributed by atoms with Gasteiger partial charge in [0.05, 0.1) is 6.61 Å². The number of carbonyl (C=O) groups is 8. The van der Waals surface area contributed by atoms with E-state index in [9.17, 15) is 38.4 Å². The predicted molar refractivity (Wildman–Crippen MR) is 170 cm³/mol. The van der Waals surface area contributed by atoms with Gasteiger partial charge in [-0.05, 0) is 0 Å². The van der Waals surface area contributed by atoms with Crippen molar-refractivity contribution in [1.82, 2.24) is 5.16 Å². The lowest BCUT2D eigenvalue weighted by Gasteiger charge is -2.44. The van der Waals surface area contributed by atoms with Gasteiger partial charge in [-0.3, -0.25) is 38.4 Å². The second-order valence-electron chi connectivity index (χ2n) is 12.0. The van der Waals surface area contributed by atoms with Gasteiger partial charge in [0.1, 0.15) is 37.7 Å². The van der Waals surface area contributed by atoms with Crippen LogP contribution >= 0.6 is 0 Å². The molecule has 1 aromatic rings. The van der Waals surface area contributed by atoms with Crippen LogP contribution in [0.5, 0.6) is 0 Å². The van der Waals surface area contributed by atoms with Gasteiger partial charge in [0.2, 0.25) is 0 Å². The average Bonchev–Trinajstić information content (AvgIpc) is 3.52. The topological polar surface area (TPSA) is 273 Å². The SMILES string of the molecule is CC(=O)OC[C@H]1O[C@H](OCc2cc(CO[C@@H]3O[C@H](COC(C)=O)[C@@H](OC(C)=O)[C@H](OC(C)=O)[C@H]3OC(C)=O)on2)[C@@H](OC(C)=O)[C@@H](OC(C)=O)[C@@H]1OC(C)=O. The molecule has 55 heavy (non-hydrogen) atoms. The van der Waals surface area contributed by atoms with Gasteiger partial charge in [0.15, 0.2) is 55.0 Å². The van der Waals surface area contributed by atoms with Crippen molar-refractivity contribution in [2.24, 2.45) is 0 Å². The molecule has 0 aromatic carbocycles. The maximum Gasteiger partial charge on any atom is 0.303 e. The summed E-state index contributed by atoms with van der Waals surface area (Å²) in [6, 6.07) is 1.37. The summed E-state index contributed by atoms with van der Waals surface area (Å²) < 4.78 is 71.2. The standard InChI is InChI=1S/C33H43NO21/c1-14(35)43-12-24-26(47-16(3)37)28(49-18(5)39)30(51-20(7)41)32(53-24)45-10-22-9-23(55-34-22)11-46-33-31(52-21(8)42)29(50-19(6)40)27(48-17(4)38)25(54-33)13-44-15(2)36/h9,24-33H,10-13H2,1-8H3/t24-,25-,26-,27-,28+,29+,30+,31-,32+,33-/m1/s1. The fraction of sp³-hybridized carbons (Fsp3) is 0.667. The van der Waals surface area contributed by atoms with Gasteiger partial charge in [-0.25, -0.2) is 0 Å². The molecule has 0 N–H and O–H groups in total. The Morgan fingerprint density at radius 3 is 1.20 bits per heavy atom. The van der Waals surface area contributed by atoms with Crippen LogP contribution in [-0.4, -0.2) is 128 Å². The molecule has 0 aliphatic carbocycles. The summed E-state index contributed by atoms with van der Waals surface area (Å²) in [6.07, 6.45) is -14.2. The number of hydrogen-bond donors (Lipinski definition) is 0. The highest BCUT2D eigenvalue weighted by atomic mass is 16.7. The van der Waals surface area contributed by atoms with Gasteiger partial charge in [0, 0.05) is 61.5 Å². The zero-order valence-electron chi connectivity index (χ0n) is 31.2. The molecule has 0 unspecified atom stereocenters. The Morgan fingerprint density at radius 1 is 0.491 bits per heavy atom. The summed E-state index contributed by atoms with van der Waals surface area (Å²) in [5.41, 5.74) is 0.119. The minimum absolute atomic E-state index is 0.0491. The summed E-state index contributed by atoms with van der Waals surface area (Å²) >= 11 is 0. The second-order valence-corrected chi connectivity index (χ2v) is 12.0. The molecule has 1 aromatic heterocycles. The monoisotopic (exact) mass is 789 g/mol. The molecule has 0 spiro atoms. The molecule has 306 valence electrons. The molecule has 22 heteroatoms. The Labute approximate surface area is 313 Å². The number of hydrogen-bond acceptors (Lipinski definition) is 22. The minimum atomic E-state index is -1.51. The van der Waals surface area contributed by atoms with E-state index in [4.69, 9.17) is 61.4 Å². The van der Waals surface area contributed by atoms with Crippen molar-refractivity contribution >= 4 is 47.8 Å². The van der Waals surface area contributed by atoms with Crippen LogP contribution in [0, 0.1) is 0 Å². The zero-order valence-corrected chi connectivity index (χ0v) is 31.2. The smallest absolute Gasteiger partial charge is 0.303 e. The molecule has 3 rings (SSSR count). The number of rotatable bonds is 16. The molecule has 2 saturated heterocycles. The highest BCUT2D eigenvalue weighted by Crippen LogP contribution is 2.32. The van der Waals surface area contributed by atoms with Crippen molar-refractivity contribution in [3.05, 3.63) is 17.5 Å². The molecule has 0 radical (unpaired) electrons. The molecule has 2 fully saturated rings. The maximum atomic E-state index is 12.1. The van der Waals surface area contributed by atoms with Crippen molar-refractivity contribution in [2.45, 2.75) is 130 Å². The molecule has 10 atom stereocenters. The van der Waals surface area contributed by atoms with Gasteiger partial charge in [-0.15, -0.1) is 0 Å². The summed E-state index contributed by atoms with van der Waals surface area (Å²) in [6.45, 7) is 6.96. The van der Waals surface area contributed by atoms with Gasteiger partial charge >= 0.3 is 47.8 Å². The van der Waals surface area contributed by atoms with E-state index in [-0.39, 0.29) is 11.5 Å². The number of ether oxygens (including phenoxy) is 12. The minimum Gasteiger partial charge on any atom is -0.463 e. The first-order valence-corrected chi connectivity index (χ1v) is 16.6. The number of carbonyl (C=O) groups excluding carboxylic acids is 8. The van der Waals surface area contributed by atoms with Crippen molar-refractivity contribution < 1.29 is 99.7 Å². The molecule has 2 aliphatic rings. The first-order valence-electron chi connectivity index (χ1n) is 16.6. The Balaban J connectivity index is 1.83. The van der Waals surface area contributed by atoms with E-state index < -0.39 is 136 Å². The number of esters is 8. The molecule has 2 aliphatic heterocycles. The van der Waals surface area contributed by atoms with Crippen LogP contribution in [0.25, 0.3) is 0 Å². The van der Waals surface area contributed by atoms with E-state index in [0.29, 0.717) is 0 Å². The molecule has 0 saturated carbocycles. The number of aromatic nitrogens is 1. The first kappa shape index (κ1) is 44.2. The molecule has 0 bridgehead atoms. The van der Waals surface area contributed by atoms with Gasteiger partial charge in [-0.1, -0.05) is 5.16 Å². The van der Waals surface area contributed by atoms with E-state index in [1.807, 2.05) is 0 Å². The highest BCUT2D eigenvalue weighted by molar-refractivity contribution is 5.70. The molecule has 0 amide bonds. The molecule has 3 heterocycles. The third kappa shape index (κ3) is 13.9. The van der Waals surface area contributed by atoms with E-state index in [1.165, 1.54) is 6.07 Å². The Morgan fingerprint density at radius 2 is 0.836 bits per heavy atom. The van der Waals surface area contributed by atoms with Crippen LogP contribution < -0.4 is 0 Å². The van der Waals surface area contributed by atoms with Crippen LogP contribution in [0.3, 0.4) is 0 Å². The van der Waals surface area contributed by atoms with Crippen LogP contribution in [-0.2, 0) is 108 Å². The van der Waals surface area contributed by atoms with Crippen molar-refractivity contribution in [3.8, 4) is 0 Å². The van der Waals surface area contributed by atoms with Crippen molar-refractivity contribution in [3.63, 3.8) is 0 Å². The van der Waals surface area contributed by atoms with E-state index in [2.05, 4.69) is 5.16 Å². The lowest BCUT2D eigenvalue weighted by atomic mass is 9.98. The normalized spacial score (nSPS) is 27.4. The average molecular weight is 790 g/mol. The molecular weight excluding hydrogens is 746 g/mol. The first-order chi connectivity index (χ1) is 25.8. The summed E-state index contributed by atoms with van der Waals surface area (Å²) in [7, 11) is 0. The van der Waals surface area contributed by atoms with Gasteiger partial charge in [0.25, 0.3) is 0 Å². The van der Waals surface area contributed by atoms with Crippen LogP contribution in [0.2, 0.25) is 0 Å².